The van der Waals surface area contributed by atoms with Gasteiger partial charge in [0.25, 0.3) is 15.6 Å². The average Bonchev–Trinajstić information content (AvgIpc) is 2.69. The Hall–Kier alpha value is -3.58. The average molecular weight is 490 g/mol. The van der Waals surface area contributed by atoms with Crippen molar-refractivity contribution in [2.45, 2.75) is 11.1 Å². The fourth-order valence-electron chi connectivity index (χ4n) is 2.62. The van der Waals surface area contributed by atoms with Crippen LogP contribution in [-0.2, 0) is 16.2 Å². The van der Waals surface area contributed by atoms with E-state index >= 15 is 0 Å². The summed E-state index contributed by atoms with van der Waals surface area (Å²) in [6, 6.07) is 7.02. The number of rotatable bonds is 5. The Bertz CT molecular complexity index is 1390. The number of anilines is 1. The number of para-hydroxylation sites is 1. The van der Waals surface area contributed by atoms with Gasteiger partial charge < -0.3 is 15.2 Å². The molecule has 0 spiro atoms. The van der Waals surface area contributed by atoms with E-state index in [1.807, 2.05) is 0 Å². The highest BCUT2D eigenvalue weighted by Crippen LogP contribution is 2.35. The number of sulfonamides is 1. The van der Waals surface area contributed by atoms with Gasteiger partial charge in [0, 0.05) is 5.56 Å². The molecule has 0 aliphatic rings. The van der Waals surface area contributed by atoms with Gasteiger partial charge in [0.1, 0.15) is 10.7 Å². The second-order valence-corrected chi connectivity index (χ2v) is 8.27. The second-order valence-electron chi connectivity index (χ2n) is 6.21. The molecular formula is C18H11ClF3N3O6S. The molecule has 0 unspecified atom stereocenters. The quantitative estimate of drug-likeness (QED) is 0.429. The van der Waals surface area contributed by atoms with Crippen LogP contribution >= 0.6 is 11.6 Å². The SMILES string of the molecule is O=C(O)c1nc(-c2ccccc2NS(=O)(=O)c2ccc(C(F)(F)F)cc2Cl)[nH]c(=O)c1O. The first kappa shape index (κ1) is 23.1. The van der Waals surface area contributed by atoms with Gasteiger partial charge in [-0.25, -0.2) is 18.2 Å². The summed E-state index contributed by atoms with van der Waals surface area (Å²) >= 11 is 5.76. The molecule has 0 saturated heterocycles. The first-order valence-electron chi connectivity index (χ1n) is 8.37. The highest BCUT2D eigenvalue weighted by molar-refractivity contribution is 7.92. The van der Waals surface area contributed by atoms with Crippen molar-refractivity contribution in [2.75, 3.05) is 4.72 Å². The minimum atomic E-state index is -4.73. The maximum absolute atomic E-state index is 12.8. The largest absolute Gasteiger partial charge is 0.501 e. The first-order chi connectivity index (χ1) is 14.8. The molecule has 0 atom stereocenters. The Morgan fingerprint density at radius 1 is 1.16 bits per heavy atom. The first-order valence-corrected chi connectivity index (χ1v) is 10.2. The number of aromatic nitrogens is 2. The molecule has 0 amide bonds. The summed E-state index contributed by atoms with van der Waals surface area (Å²) in [6.45, 7) is 0. The molecule has 168 valence electrons. The van der Waals surface area contributed by atoms with Gasteiger partial charge in [0.2, 0.25) is 5.75 Å². The number of aromatic amines is 1. The Morgan fingerprint density at radius 2 is 1.81 bits per heavy atom. The fourth-order valence-corrected chi connectivity index (χ4v) is 4.24. The summed E-state index contributed by atoms with van der Waals surface area (Å²) in [5, 5.41) is 18.0. The standard InChI is InChI=1S/C18H11ClF3N3O6S/c19-10-7-8(18(20,21)22)5-6-12(10)32(30,31)25-11-4-2-1-3-9(11)15-23-13(17(28)29)14(26)16(27)24-15/h1-7,25-26H,(H,28,29)(H,23,24,27). The maximum Gasteiger partial charge on any atom is 0.416 e. The van der Waals surface area contributed by atoms with Gasteiger partial charge in [-0.3, -0.25) is 9.52 Å². The molecule has 2 aromatic carbocycles. The van der Waals surface area contributed by atoms with E-state index in [4.69, 9.17) is 16.7 Å². The van der Waals surface area contributed by atoms with Crippen molar-refractivity contribution in [3.05, 3.63) is 69.1 Å². The number of halogens is 4. The van der Waals surface area contributed by atoms with Crippen molar-refractivity contribution < 1.29 is 36.6 Å². The number of alkyl halides is 3. The van der Waals surface area contributed by atoms with Crippen LogP contribution in [0.1, 0.15) is 16.1 Å². The van der Waals surface area contributed by atoms with Crippen LogP contribution in [0.5, 0.6) is 5.75 Å². The number of H-pyrrole nitrogens is 1. The lowest BCUT2D eigenvalue weighted by atomic mass is 10.1. The lowest BCUT2D eigenvalue weighted by molar-refractivity contribution is -0.137. The highest BCUT2D eigenvalue weighted by Gasteiger charge is 2.32. The van der Waals surface area contributed by atoms with Crippen LogP contribution in [0, 0.1) is 0 Å². The second kappa shape index (κ2) is 8.16. The topological polar surface area (TPSA) is 149 Å². The van der Waals surface area contributed by atoms with Crippen LogP contribution in [0.4, 0.5) is 18.9 Å². The van der Waals surface area contributed by atoms with Crippen LogP contribution in [0.3, 0.4) is 0 Å². The summed E-state index contributed by atoms with van der Waals surface area (Å²) in [5.41, 5.74) is -3.58. The van der Waals surface area contributed by atoms with Crippen molar-refractivity contribution in [2.24, 2.45) is 0 Å². The van der Waals surface area contributed by atoms with Gasteiger partial charge in [-0.05, 0) is 30.3 Å². The van der Waals surface area contributed by atoms with Crippen molar-refractivity contribution in [1.82, 2.24) is 9.97 Å². The summed E-state index contributed by atoms with van der Waals surface area (Å²) in [5.74, 6) is -3.23. The lowest BCUT2D eigenvalue weighted by Crippen LogP contribution is -2.17. The van der Waals surface area contributed by atoms with Crippen LogP contribution in [0.2, 0.25) is 5.02 Å². The van der Waals surface area contributed by atoms with E-state index in [2.05, 4.69) is 14.7 Å². The summed E-state index contributed by atoms with van der Waals surface area (Å²) in [7, 11) is -4.52. The van der Waals surface area contributed by atoms with Crippen LogP contribution in [0.15, 0.2) is 52.2 Å². The molecule has 3 rings (SSSR count). The molecule has 14 heteroatoms. The van der Waals surface area contributed by atoms with Gasteiger partial charge >= 0.3 is 12.1 Å². The number of aromatic hydroxyl groups is 1. The zero-order valence-electron chi connectivity index (χ0n) is 15.4. The van der Waals surface area contributed by atoms with Gasteiger partial charge in [-0.15, -0.1) is 0 Å². The van der Waals surface area contributed by atoms with Crippen LogP contribution in [-0.4, -0.2) is 34.6 Å². The number of nitrogens with zero attached hydrogens (tertiary/aromatic N) is 1. The van der Waals surface area contributed by atoms with E-state index in [0.29, 0.717) is 18.2 Å². The number of aromatic carboxylic acids is 1. The van der Waals surface area contributed by atoms with Gasteiger partial charge in [-0.2, -0.15) is 13.2 Å². The normalized spacial score (nSPS) is 11.9. The summed E-state index contributed by atoms with van der Waals surface area (Å²) in [4.78, 5) is 28.2. The highest BCUT2D eigenvalue weighted by atomic mass is 35.5. The molecule has 0 radical (unpaired) electrons. The number of carbonyl (C=O) groups is 1. The van der Waals surface area contributed by atoms with Gasteiger partial charge in [0.15, 0.2) is 5.69 Å². The Morgan fingerprint density at radius 3 is 2.41 bits per heavy atom. The van der Waals surface area contributed by atoms with E-state index in [1.54, 1.807) is 0 Å². The minimum Gasteiger partial charge on any atom is -0.501 e. The third-order valence-corrected chi connectivity index (χ3v) is 5.92. The molecule has 0 saturated carbocycles. The van der Waals surface area contributed by atoms with E-state index in [1.165, 1.54) is 24.3 Å². The zero-order valence-corrected chi connectivity index (χ0v) is 17.0. The molecule has 0 aliphatic heterocycles. The molecule has 0 fully saturated rings. The third kappa shape index (κ3) is 4.53. The van der Waals surface area contributed by atoms with E-state index < -0.39 is 54.7 Å². The number of carboxylic acids is 1. The third-order valence-electron chi connectivity index (χ3n) is 4.07. The lowest BCUT2D eigenvalue weighted by Gasteiger charge is -2.14. The molecule has 32 heavy (non-hydrogen) atoms. The van der Waals surface area contributed by atoms with E-state index in [-0.39, 0.29) is 17.1 Å². The Kier molecular flexibility index (Phi) is 5.89. The minimum absolute atomic E-state index is 0.0845. The van der Waals surface area contributed by atoms with Gasteiger partial charge in [0.05, 0.1) is 16.3 Å². The molecule has 9 nitrogen and oxygen atoms in total. The zero-order chi connectivity index (χ0) is 23.8. The predicted molar refractivity (Wildman–Crippen MR) is 106 cm³/mol. The monoisotopic (exact) mass is 489 g/mol. The summed E-state index contributed by atoms with van der Waals surface area (Å²) in [6.07, 6.45) is -4.73. The molecule has 1 aromatic heterocycles. The number of nitrogens with one attached hydrogen (secondary N) is 2. The summed E-state index contributed by atoms with van der Waals surface area (Å²) < 4.78 is 66.1. The van der Waals surface area contributed by atoms with Gasteiger partial charge in [-0.1, -0.05) is 23.7 Å². The molecule has 3 aromatic rings. The molecule has 1 heterocycles. The number of hydrogen-bond acceptors (Lipinski definition) is 6. The molecule has 0 aliphatic carbocycles. The van der Waals surface area contributed by atoms with E-state index in [9.17, 15) is 36.3 Å². The predicted octanol–water partition coefficient (Wildman–Crippen LogP) is 3.31. The number of hydrogen-bond donors (Lipinski definition) is 4. The molecule has 0 bridgehead atoms. The molecular weight excluding hydrogens is 479 g/mol. The van der Waals surface area contributed by atoms with Crippen molar-refractivity contribution >= 4 is 33.3 Å². The van der Waals surface area contributed by atoms with Crippen LogP contribution < -0.4 is 10.3 Å². The van der Waals surface area contributed by atoms with E-state index in [0.717, 1.165) is 0 Å². The van der Waals surface area contributed by atoms with Crippen molar-refractivity contribution in [1.29, 1.82) is 0 Å². The Balaban J connectivity index is 2.08. The number of carboxylic acid groups (broad SMARTS) is 1. The Labute approximate surface area is 182 Å². The number of benzene rings is 2. The van der Waals surface area contributed by atoms with Crippen molar-refractivity contribution in [3.63, 3.8) is 0 Å². The van der Waals surface area contributed by atoms with Crippen LogP contribution in [0.25, 0.3) is 11.4 Å². The molecule has 4 N–H and O–H groups in total. The maximum atomic E-state index is 12.8. The smallest absolute Gasteiger partial charge is 0.416 e. The fraction of sp³-hybridized carbons (Fsp3) is 0.0556. The van der Waals surface area contributed by atoms with Crippen molar-refractivity contribution in [3.8, 4) is 17.1 Å².